The van der Waals surface area contributed by atoms with Crippen molar-refractivity contribution >= 4 is 5.78 Å². The van der Waals surface area contributed by atoms with Crippen molar-refractivity contribution < 1.29 is 19.3 Å². The van der Waals surface area contributed by atoms with Crippen LogP contribution in [0.15, 0.2) is 12.2 Å². The summed E-state index contributed by atoms with van der Waals surface area (Å²) in [7, 11) is 0. The molecule has 0 aromatic carbocycles. The first kappa shape index (κ1) is 11.4. The zero-order valence-corrected chi connectivity index (χ0v) is 10.7. The first-order valence-electron chi connectivity index (χ1n) is 6.06. The molecule has 2 bridgehead atoms. The molecule has 0 amide bonds. The van der Waals surface area contributed by atoms with Crippen LogP contribution in [0.3, 0.4) is 0 Å². The molecule has 4 nitrogen and oxygen atoms in total. The molecule has 1 saturated heterocycles. The second-order valence-electron chi connectivity index (χ2n) is 6.19. The van der Waals surface area contributed by atoms with E-state index in [-0.39, 0.29) is 11.2 Å². The lowest BCUT2D eigenvalue weighted by atomic mass is 9.56. The van der Waals surface area contributed by atoms with Crippen LogP contribution in [0, 0.1) is 5.41 Å². The summed E-state index contributed by atoms with van der Waals surface area (Å²) in [5.41, 5.74) is -1.96. The molecule has 2 fully saturated rings. The van der Waals surface area contributed by atoms with Crippen LogP contribution in [-0.2, 0) is 19.3 Å². The van der Waals surface area contributed by atoms with Crippen molar-refractivity contribution in [3.05, 3.63) is 12.2 Å². The minimum absolute atomic E-state index is 0.0932. The normalized spacial score (nSPS) is 51.4. The summed E-state index contributed by atoms with van der Waals surface area (Å²) in [4.78, 5) is 23.2. The number of rotatable bonds is 0. The van der Waals surface area contributed by atoms with Crippen LogP contribution in [0.25, 0.3) is 0 Å². The Balaban J connectivity index is 2.22. The Hall–Kier alpha value is -0.710. The maximum atomic E-state index is 12.3. The first-order chi connectivity index (χ1) is 7.75. The molecule has 3 aliphatic heterocycles. The second kappa shape index (κ2) is 2.82. The van der Waals surface area contributed by atoms with Gasteiger partial charge in [0.15, 0.2) is 17.0 Å². The van der Waals surface area contributed by atoms with Crippen LogP contribution in [0.1, 0.15) is 40.5 Å². The molecule has 0 N–H and O–H groups in total. The molecule has 3 atom stereocenters. The van der Waals surface area contributed by atoms with Crippen LogP contribution in [0.5, 0.6) is 0 Å². The summed E-state index contributed by atoms with van der Waals surface area (Å²) < 4.78 is 5.92. The van der Waals surface area contributed by atoms with Gasteiger partial charge in [0.25, 0.3) is 0 Å². The minimum atomic E-state index is -0.948. The van der Waals surface area contributed by atoms with E-state index in [0.29, 0.717) is 6.42 Å². The van der Waals surface area contributed by atoms with Gasteiger partial charge in [0.1, 0.15) is 0 Å². The molecule has 1 saturated carbocycles. The van der Waals surface area contributed by atoms with E-state index in [4.69, 9.17) is 14.5 Å². The smallest absolute Gasteiger partial charge is 0.219 e. The number of hydrogen-bond acceptors (Lipinski definition) is 4. The topological polar surface area (TPSA) is 44.8 Å². The highest BCUT2D eigenvalue weighted by atomic mass is 17.3. The maximum absolute atomic E-state index is 12.3. The fourth-order valence-electron chi connectivity index (χ4n) is 3.34. The summed E-state index contributed by atoms with van der Waals surface area (Å²) >= 11 is 0. The molecule has 1 aliphatic carbocycles. The second-order valence-corrected chi connectivity index (χ2v) is 6.19. The molecule has 4 rings (SSSR count). The summed E-state index contributed by atoms with van der Waals surface area (Å²) in [5.74, 6) is -0.852. The molecular formula is C13H18O4. The van der Waals surface area contributed by atoms with Gasteiger partial charge in [-0.15, -0.1) is 0 Å². The van der Waals surface area contributed by atoms with E-state index in [2.05, 4.69) is 13.8 Å². The van der Waals surface area contributed by atoms with Crippen molar-refractivity contribution in [2.45, 2.75) is 57.5 Å². The van der Waals surface area contributed by atoms with Gasteiger partial charge in [-0.25, -0.2) is 4.89 Å². The van der Waals surface area contributed by atoms with Gasteiger partial charge in [0, 0.05) is 11.8 Å². The highest BCUT2D eigenvalue weighted by Crippen LogP contribution is 2.59. The van der Waals surface area contributed by atoms with Crippen molar-refractivity contribution in [2.75, 3.05) is 0 Å². The summed E-state index contributed by atoms with van der Waals surface area (Å²) in [6, 6.07) is 0. The Morgan fingerprint density at radius 3 is 2.41 bits per heavy atom. The van der Waals surface area contributed by atoms with Gasteiger partial charge < -0.3 is 4.74 Å². The molecular weight excluding hydrogens is 220 g/mol. The number of fused-ring (bicyclic) bond motifs is 1. The molecule has 4 heteroatoms. The van der Waals surface area contributed by atoms with Crippen molar-refractivity contribution in [3.63, 3.8) is 0 Å². The van der Waals surface area contributed by atoms with Crippen LogP contribution < -0.4 is 0 Å². The van der Waals surface area contributed by atoms with Gasteiger partial charge in [-0.1, -0.05) is 13.8 Å². The maximum Gasteiger partial charge on any atom is 0.219 e. The Bertz CT molecular complexity index is 427. The predicted molar refractivity (Wildman–Crippen MR) is 60.0 cm³/mol. The lowest BCUT2D eigenvalue weighted by Gasteiger charge is -2.62. The molecule has 4 aliphatic rings. The van der Waals surface area contributed by atoms with E-state index >= 15 is 0 Å². The average Bonchev–Trinajstić information content (AvgIpc) is 2.24. The molecule has 3 heterocycles. The standard InChI is InChI=1S/C13H18O4/c1-10(2)6-5-9(14)12(4)13(10)8-7-11(3,15-12)16-17-13/h7-8H,5-6H2,1-4H3/t11-,12+,13-/m1/s1. The van der Waals surface area contributed by atoms with E-state index < -0.39 is 17.0 Å². The van der Waals surface area contributed by atoms with E-state index in [0.717, 1.165) is 6.42 Å². The van der Waals surface area contributed by atoms with Crippen molar-refractivity contribution in [1.29, 1.82) is 0 Å². The number of hydrogen-bond donors (Lipinski definition) is 0. The predicted octanol–water partition coefficient (Wildman–Crippen LogP) is 2.14. The lowest BCUT2D eigenvalue weighted by Crippen LogP contribution is -2.75. The fraction of sp³-hybridized carbons (Fsp3) is 0.769. The van der Waals surface area contributed by atoms with E-state index in [1.807, 2.05) is 19.1 Å². The molecule has 0 aromatic heterocycles. The van der Waals surface area contributed by atoms with Crippen molar-refractivity contribution in [1.82, 2.24) is 0 Å². The Morgan fingerprint density at radius 1 is 1.12 bits per heavy atom. The number of ketones is 1. The largest absolute Gasteiger partial charge is 0.326 e. The van der Waals surface area contributed by atoms with Crippen LogP contribution in [-0.4, -0.2) is 22.8 Å². The summed E-state index contributed by atoms with van der Waals surface area (Å²) in [6.45, 7) is 7.75. The van der Waals surface area contributed by atoms with Gasteiger partial charge in [-0.05, 0) is 32.4 Å². The highest BCUT2D eigenvalue weighted by molar-refractivity contribution is 5.90. The zero-order valence-electron chi connectivity index (χ0n) is 10.7. The number of ether oxygens (including phenoxy) is 1. The van der Waals surface area contributed by atoms with Crippen LogP contribution >= 0.6 is 0 Å². The van der Waals surface area contributed by atoms with Gasteiger partial charge in [-0.2, -0.15) is 4.89 Å². The van der Waals surface area contributed by atoms with Gasteiger partial charge in [0.05, 0.1) is 0 Å². The summed E-state index contributed by atoms with van der Waals surface area (Å²) in [6.07, 6.45) is 5.10. The molecule has 1 spiro atoms. The first-order valence-corrected chi connectivity index (χ1v) is 6.06. The van der Waals surface area contributed by atoms with Crippen LogP contribution in [0.4, 0.5) is 0 Å². The van der Waals surface area contributed by atoms with E-state index in [9.17, 15) is 4.79 Å². The zero-order chi connectivity index (χ0) is 12.5. The Morgan fingerprint density at radius 2 is 1.82 bits per heavy atom. The van der Waals surface area contributed by atoms with Gasteiger partial charge >= 0.3 is 0 Å². The highest BCUT2D eigenvalue weighted by Gasteiger charge is 2.71. The van der Waals surface area contributed by atoms with E-state index in [1.54, 1.807) is 6.92 Å². The molecule has 0 aromatic rings. The third-order valence-electron chi connectivity index (χ3n) is 4.59. The Kier molecular flexibility index (Phi) is 1.89. The SMILES string of the molecule is CC1(C)CCC(=O)[C@]2(C)O[C@@]3(C)C=C[C@@]12OO3. The monoisotopic (exact) mass is 238 g/mol. The third-order valence-corrected chi connectivity index (χ3v) is 4.59. The van der Waals surface area contributed by atoms with Gasteiger partial charge in [0.2, 0.25) is 5.79 Å². The van der Waals surface area contributed by atoms with Crippen LogP contribution in [0.2, 0.25) is 0 Å². The Labute approximate surface area is 101 Å². The quantitative estimate of drug-likeness (QED) is 0.479. The molecule has 0 radical (unpaired) electrons. The minimum Gasteiger partial charge on any atom is -0.326 e. The number of carbonyl (C=O) groups excluding carboxylic acids is 1. The van der Waals surface area contributed by atoms with E-state index in [1.165, 1.54) is 0 Å². The number of carbonyl (C=O) groups is 1. The lowest BCUT2D eigenvalue weighted by molar-refractivity contribution is -0.538. The summed E-state index contributed by atoms with van der Waals surface area (Å²) in [5, 5.41) is 0. The fourth-order valence-corrected chi connectivity index (χ4v) is 3.34. The van der Waals surface area contributed by atoms with Crippen molar-refractivity contribution in [2.24, 2.45) is 5.41 Å². The number of Topliss-reactive ketones (excluding diaryl/α,β-unsaturated/α-hetero) is 1. The van der Waals surface area contributed by atoms with Gasteiger partial charge in [-0.3, -0.25) is 4.79 Å². The molecule has 17 heavy (non-hydrogen) atoms. The molecule has 0 unspecified atom stereocenters. The third kappa shape index (κ3) is 1.11. The average molecular weight is 238 g/mol. The molecule has 94 valence electrons. The van der Waals surface area contributed by atoms with Crippen molar-refractivity contribution in [3.8, 4) is 0 Å².